The molecule has 2 rings (SSSR count). The van der Waals surface area contributed by atoms with Gasteiger partial charge >= 0.3 is 0 Å². The van der Waals surface area contributed by atoms with Gasteiger partial charge in [-0.25, -0.2) is 4.39 Å². The van der Waals surface area contributed by atoms with E-state index in [1.54, 1.807) is 13.0 Å². The summed E-state index contributed by atoms with van der Waals surface area (Å²) < 4.78 is 13.5. The summed E-state index contributed by atoms with van der Waals surface area (Å²) in [5, 5.41) is 8.89. The Morgan fingerprint density at radius 3 is 2.60 bits per heavy atom. The van der Waals surface area contributed by atoms with Gasteiger partial charge in [-0.2, -0.15) is 5.26 Å². The lowest BCUT2D eigenvalue weighted by molar-refractivity contribution is 0.609. The summed E-state index contributed by atoms with van der Waals surface area (Å²) in [6.07, 6.45) is 4.71. The summed E-state index contributed by atoms with van der Waals surface area (Å²) in [6, 6.07) is 5.52. The number of nitriles is 1. The minimum absolute atomic E-state index is 0.240. The van der Waals surface area contributed by atoms with Crippen LogP contribution < -0.4 is 0 Å². The summed E-state index contributed by atoms with van der Waals surface area (Å²) in [5.41, 5.74) is 1.96. The quantitative estimate of drug-likeness (QED) is 0.683. The number of hydrogen-bond donors (Lipinski definition) is 0. The number of hydrogen-bond acceptors (Lipinski definition) is 1. The zero-order valence-corrected chi connectivity index (χ0v) is 8.89. The van der Waals surface area contributed by atoms with Crippen LogP contribution in [0.5, 0.6) is 0 Å². The maximum absolute atomic E-state index is 13.5. The molecule has 1 aliphatic rings. The van der Waals surface area contributed by atoms with E-state index in [1.807, 2.05) is 6.07 Å². The predicted octanol–water partition coefficient (Wildman–Crippen LogP) is 3.66. The van der Waals surface area contributed by atoms with Gasteiger partial charge in [0.05, 0.1) is 11.6 Å². The molecule has 0 aliphatic heterocycles. The number of benzene rings is 1. The van der Waals surface area contributed by atoms with Crippen LogP contribution in [0.15, 0.2) is 12.1 Å². The minimum Gasteiger partial charge on any atom is -0.207 e. The summed E-state index contributed by atoms with van der Waals surface area (Å²) in [5.74, 6) is 0.225. The second kappa shape index (κ2) is 4.02. The third-order valence-corrected chi connectivity index (χ3v) is 3.31. The zero-order valence-electron chi connectivity index (χ0n) is 8.89. The standard InChI is InChI=1S/C13H14FN/c1-9-12(8-15)6-11(7-13(9)14)10-4-2-3-5-10/h6-7,10H,2-5H2,1H3. The lowest BCUT2D eigenvalue weighted by atomic mass is 9.94. The Morgan fingerprint density at radius 1 is 1.33 bits per heavy atom. The fourth-order valence-corrected chi connectivity index (χ4v) is 2.31. The fraction of sp³-hybridized carbons (Fsp3) is 0.462. The molecule has 0 amide bonds. The Bertz CT molecular complexity index is 411. The topological polar surface area (TPSA) is 23.8 Å². The molecule has 2 heteroatoms. The molecule has 1 aliphatic carbocycles. The van der Waals surface area contributed by atoms with E-state index in [-0.39, 0.29) is 5.82 Å². The number of nitrogens with zero attached hydrogens (tertiary/aromatic N) is 1. The summed E-state index contributed by atoms with van der Waals surface area (Å²) in [4.78, 5) is 0. The normalized spacial score (nSPS) is 16.6. The van der Waals surface area contributed by atoms with Gasteiger partial charge in [0.1, 0.15) is 5.82 Å². The van der Waals surface area contributed by atoms with Crippen LogP contribution in [0.3, 0.4) is 0 Å². The van der Waals surface area contributed by atoms with Gasteiger partial charge in [-0.15, -0.1) is 0 Å². The van der Waals surface area contributed by atoms with E-state index in [1.165, 1.54) is 12.8 Å². The minimum atomic E-state index is -0.240. The van der Waals surface area contributed by atoms with E-state index in [2.05, 4.69) is 6.07 Å². The van der Waals surface area contributed by atoms with Crippen molar-refractivity contribution in [2.45, 2.75) is 38.5 Å². The number of halogens is 1. The van der Waals surface area contributed by atoms with Gasteiger partial charge in [-0.1, -0.05) is 12.8 Å². The highest BCUT2D eigenvalue weighted by atomic mass is 19.1. The van der Waals surface area contributed by atoms with Crippen LogP contribution >= 0.6 is 0 Å². The smallest absolute Gasteiger partial charge is 0.127 e. The first kappa shape index (κ1) is 10.2. The van der Waals surface area contributed by atoms with Gasteiger partial charge in [0.25, 0.3) is 0 Å². The van der Waals surface area contributed by atoms with Gasteiger partial charge < -0.3 is 0 Å². The Balaban J connectivity index is 2.41. The van der Waals surface area contributed by atoms with Gasteiger partial charge in [-0.3, -0.25) is 0 Å². The molecule has 0 N–H and O–H groups in total. The Kier molecular flexibility index (Phi) is 2.73. The lowest BCUT2D eigenvalue weighted by Crippen LogP contribution is -1.97. The average molecular weight is 203 g/mol. The Labute approximate surface area is 89.5 Å². The molecular weight excluding hydrogens is 189 g/mol. The van der Waals surface area contributed by atoms with E-state index < -0.39 is 0 Å². The fourth-order valence-electron chi connectivity index (χ4n) is 2.31. The monoisotopic (exact) mass is 203 g/mol. The third kappa shape index (κ3) is 1.87. The molecule has 1 fully saturated rings. The number of rotatable bonds is 1. The van der Waals surface area contributed by atoms with Crippen molar-refractivity contribution in [2.24, 2.45) is 0 Å². The molecule has 0 saturated heterocycles. The zero-order chi connectivity index (χ0) is 10.8. The van der Waals surface area contributed by atoms with Gasteiger partial charge in [0, 0.05) is 5.56 Å². The molecule has 0 radical (unpaired) electrons. The molecule has 15 heavy (non-hydrogen) atoms. The van der Waals surface area contributed by atoms with E-state index >= 15 is 0 Å². The molecule has 0 aromatic heterocycles. The first-order valence-electron chi connectivity index (χ1n) is 5.42. The van der Waals surface area contributed by atoms with Crippen molar-refractivity contribution >= 4 is 0 Å². The summed E-state index contributed by atoms with van der Waals surface area (Å²) in [6.45, 7) is 1.66. The average Bonchev–Trinajstić information content (AvgIpc) is 2.75. The van der Waals surface area contributed by atoms with Crippen LogP contribution in [0, 0.1) is 24.1 Å². The van der Waals surface area contributed by atoms with Crippen molar-refractivity contribution in [3.8, 4) is 6.07 Å². The van der Waals surface area contributed by atoms with Crippen LogP contribution in [0.1, 0.15) is 48.3 Å². The molecule has 1 nitrogen and oxygen atoms in total. The summed E-state index contributed by atoms with van der Waals surface area (Å²) in [7, 11) is 0. The highest BCUT2D eigenvalue weighted by Crippen LogP contribution is 2.35. The summed E-state index contributed by atoms with van der Waals surface area (Å²) >= 11 is 0. The van der Waals surface area contributed by atoms with Crippen LogP contribution in [-0.2, 0) is 0 Å². The second-order valence-corrected chi connectivity index (χ2v) is 4.27. The van der Waals surface area contributed by atoms with Crippen molar-refractivity contribution in [1.29, 1.82) is 5.26 Å². The molecule has 0 spiro atoms. The van der Waals surface area contributed by atoms with Crippen LogP contribution in [0.4, 0.5) is 4.39 Å². The molecule has 78 valence electrons. The molecule has 0 unspecified atom stereocenters. The third-order valence-electron chi connectivity index (χ3n) is 3.31. The Morgan fingerprint density at radius 2 is 2.00 bits per heavy atom. The first-order chi connectivity index (χ1) is 7.22. The van der Waals surface area contributed by atoms with Crippen molar-refractivity contribution in [2.75, 3.05) is 0 Å². The van der Waals surface area contributed by atoms with Crippen molar-refractivity contribution < 1.29 is 4.39 Å². The van der Waals surface area contributed by atoms with Gasteiger partial charge in [0.2, 0.25) is 0 Å². The molecule has 1 aromatic carbocycles. The molecule has 0 heterocycles. The van der Waals surface area contributed by atoms with E-state index in [4.69, 9.17) is 5.26 Å². The van der Waals surface area contributed by atoms with Crippen LogP contribution in [0.2, 0.25) is 0 Å². The van der Waals surface area contributed by atoms with E-state index in [0.717, 1.165) is 18.4 Å². The van der Waals surface area contributed by atoms with Crippen molar-refractivity contribution in [3.63, 3.8) is 0 Å². The molecule has 0 bridgehead atoms. The van der Waals surface area contributed by atoms with Crippen molar-refractivity contribution in [1.82, 2.24) is 0 Å². The van der Waals surface area contributed by atoms with E-state index in [0.29, 0.717) is 17.0 Å². The van der Waals surface area contributed by atoms with Crippen LogP contribution in [-0.4, -0.2) is 0 Å². The first-order valence-corrected chi connectivity index (χ1v) is 5.42. The maximum atomic E-state index is 13.5. The SMILES string of the molecule is Cc1c(F)cc(C2CCCC2)cc1C#N. The van der Waals surface area contributed by atoms with Crippen molar-refractivity contribution in [3.05, 3.63) is 34.6 Å². The van der Waals surface area contributed by atoms with Crippen LogP contribution in [0.25, 0.3) is 0 Å². The van der Waals surface area contributed by atoms with E-state index in [9.17, 15) is 4.39 Å². The second-order valence-electron chi connectivity index (χ2n) is 4.27. The molecule has 0 atom stereocenters. The molecular formula is C13H14FN. The largest absolute Gasteiger partial charge is 0.207 e. The molecule has 1 saturated carbocycles. The predicted molar refractivity (Wildman–Crippen MR) is 57.1 cm³/mol. The highest BCUT2D eigenvalue weighted by Gasteiger charge is 2.19. The van der Waals surface area contributed by atoms with Gasteiger partial charge in [-0.05, 0) is 43.4 Å². The molecule has 1 aromatic rings. The lowest BCUT2D eigenvalue weighted by Gasteiger charge is -2.11. The van der Waals surface area contributed by atoms with Gasteiger partial charge in [0.15, 0.2) is 0 Å². The Hall–Kier alpha value is -1.36. The highest BCUT2D eigenvalue weighted by molar-refractivity contribution is 5.42. The maximum Gasteiger partial charge on any atom is 0.127 e.